The first-order valence-electron chi connectivity index (χ1n) is 7.85. The third-order valence-electron chi connectivity index (χ3n) is 4.55. The molecule has 1 aromatic rings. The van der Waals surface area contributed by atoms with Crippen molar-refractivity contribution >= 4 is 5.82 Å². The van der Waals surface area contributed by atoms with Crippen LogP contribution in [0.1, 0.15) is 56.4 Å². The summed E-state index contributed by atoms with van der Waals surface area (Å²) in [5, 5.41) is 7.07. The lowest BCUT2D eigenvalue weighted by atomic mass is 9.90. The zero-order valence-corrected chi connectivity index (χ0v) is 11.7. The number of hydrogen-bond acceptors (Lipinski definition) is 3. The number of nitrogens with one attached hydrogen (secondary N) is 2. The summed E-state index contributed by atoms with van der Waals surface area (Å²) in [5.41, 5.74) is 1.47. The molecule has 0 radical (unpaired) electrons. The Hall–Kier alpha value is -1.09. The second-order valence-electron chi connectivity index (χ2n) is 5.98. The van der Waals surface area contributed by atoms with Crippen molar-refractivity contribution in [2.24, 2.45) is 0 Å². The van der Waals surface area contributed by atoms with Gasteiger partial charge in [-0.3, -0.25) is 0 Å². The van der Waals surface area contributed by atoms with Gasteiger partial charge in [-0.15, -0.1) is 0 Å². The van der Waals surface area contributed by atoms with Crippen LogP contribution in [-0.2, 0) is 0 Å². The van der Waals surface area contributed by atoms with Crippen molar-refractivity contribution in [2.45, 2.75) is 56.9 Å². The fraction of sp³-hybridized carbons (Fsp3) is 0.688. The quantitative estimate of drug-likeness (QED) is 0.874. The van der Waals surface area contributed by atoms with E-state index in [-0.39, 0.29) is 0 Å². The maximum atomic E-state index is 4.50. The standard InChI is InChI=1S/C16H25N3/c1-2-4-15(5-3-1)19-16-12-14(8-11-18-16)13-6-9-17-10-7-13/h8,11-13,15,17H,1-7,9-10H2,(H,18,19). The minimum atomic E-state index is 0.643. The topological polar surface area (TPSA) is 37.0 Å². The van der Waals surface area contributed by atoms with E-state index in [0.29, 0.717) is 6.04 Å². The van der Waals surface area contributed by atoms with Gasteiger partial charge in [0.1, 0.15) is 5.82 Å². The molecule has 104 valence electrons. The number of aromatic nitrogens is 1. The summed E-state index contributed by atoms with van der Waals surface area (Å²) >= 11 is 0. The average molecular weight is 259 g/mol. The van der Waals surface area contributed by atoms with Gasteiger partial charge >= 0.3 is 0 Å². The highest BCUT2D eigenvalue weighted by Crippen LogP contribution is 2.27. The minimum absolute atomic E-state index is 0.643. The van der Waals surface area contributed by atoms with Crippen LogP contribution in [0.3, 0.4) is 0 Å². The summed E-state index contributed by atoms with van der Waals surface area (Å²) in [6, 6.07) is 5.12. The molecule has 3 heteroatoms. The van der Waals surface area contributed by atoms with E-state index in [2.05, 4.69) is 27.8 Å². The fourth-order valence-electron chi connectivity index (χ4n) is 3.39. The van der Waals surface area contributed by atoms with Crippen molar-refractivity contribution in [1.29, 1.82) is 0 Å². The maximum absolute atomic E-state index is 4.50. The van der Waals surface area contributed by atoms with Gasteiger partial charge < -0.3 is 10.6 Å². The van der Waals surface area contributed by atoms with E-state index in [1.807, 2.05) is 6.20 Å². The van der Waals surface area contributed by atoms with Crippen LogP contribution in [0.2, 0.25) is 0 Å². The van der Waals surface area contributed by atoms with Gasteiger partial charge in [0.05, 0.1) is 0 Å². The molecule has 0 amide bonds. The predicted octanol–water partition coefficient (Wildman–Crippen LogP) is 3.29. The van der Waals surface area contributed by atoms with Crippen molar-refractivity contribution in [1.82, 2.24) is 10.3 Å². The normalized spacial score (nSPS) is 22.3. The molecule has 19 heavy (non-hydrogen) atoms. The molecule has 1 aromatic heterocycles. The van der Waals surface area contributed by atoms with Crippen LogP contribution in [0.5, 0.6) is 0 Å². The molecule has 2 aliphatic rings. The zero-order valence-electron chi connectivity index (χ0n) is 11.7. The van der Waals surface area contributed by atoms with E-state index >= 15 is 0 Å². The Morgan fingerprint density at radius 3 is 2.63 bits per heavy atom. The van der Waals surface area contributed by atoms with Crippen LogP contribution in [-0.4, -0.2) is 24.1 Å². The third kappa shape index (κ3) is 3.47. The summed E-state index contributed by atoms with van der Waals surface area (Å²) in [5.74, 6) is 1.80. The molecule has 0 bridgehead atoms. The van der Waals surface area contributed by atoms with Crippen molar-refractivity contribution in [2.75, 3.05) is 18.4 Å². The van der Waals surface area contributed by atoms with Crippen LogP contribution in [0, 0.1) is 0 Å². The highest BCUT2D eigenvalue weighted by Gasteiger charge is 2.17. The van der Waals surface area contributed by atoms with E-state index in [9.17, 15) is 0 Å². The number of pyridine rings is 1. The lowest BCUT2D eigenvalue weighted by molar-refractivity contribution is 0.457. The monoisotopic (exact) mass is 259 g/mol. The summed E-state index contributed by atoms with van der Waals surface area (Å²) < 4.78 is 0. The lowest BCUT2D eigenvalue weighted by Crippen LogP contribution is -2.27. The summed E-state index contributed by atoms with van der Waals surface area (Å²) in [6.45, 7) is 2.30. The summed E-state index contributed by atoms with van der Waals surface area (Å²) in [7, 11) is 0. The lowest BCUT2D eigenvalue weighted by Gasteiger charge is -2.25. The van der Waals surface area contributed by atoms with Crippen molar-refractivity contribution < 1.29 is 0 Å². The molecule has 3 rings (SSSR count). The molecule has 0 aromatic carbocycles. The molecule has 1 aliphatic heterocycles. The Morgan fingerprint density at radius 2 is 1.84 bits per heavy atom. The smallest absolute Gasteiger partial charge is 0.126 e. The van der Waals surface area contributed by atoms with Crippen LogP contribution >= 0.6 is 0 Å². The molecular formula is C16H25N3. The molecule has 2 N–H and O–H groups in total. The SMILES string of the molecule is c1cc(C2CCNCC2)cc(NC2CCCCC2)n1. The van der Waals surface area contributed by atoms with E-state index < -0.39 is 0 Å². The number of nitrogens with zero attached hydrogens (tertiary/aromatic N) is 1. The molecule has 1 aliphatic carbocycles. The molecule has 0 unspecified atom stereocenters. The molecule has 2 fully saturated rings. The van der Waals surface area contributed by atoms with Gasteiger partial charge in [-0.05, 0) is 62.4 Å². The van der Waals surface area contributed by atoms with Gasteiger partial charge in [0.25, 0.3) is 0 Å². The molecule has 2 heterocycles. The van der Waals surface area contributed by atoms with Gasteiger partial charge in [-0.2, -0.15) is 0 Å². The van der Waals surface area contributed by atoms with Gasteiger partial charge in [0.15, 0.2) is 0 Å². The Kier molecular flexibility index (Phi) is 4.34. The highest BCUT2D eigenvalue weighted by atomic mass is 15.0. The molecule has 0 spiro atoms. The number of anilines is 1. The van der Waals surface area contributed by atoms with Crippen molar-refractivity contribution in [3.63, 3.8) is 0 Å². The summed E-state index contributed by atoms with van der Waals surface area (Å²) in [4.78, 5) is 4.50. The number of rotatable bonds is 3. The Bertz CT molecular complexity index is 393. The Balaban J connectivity index is 1.64. The zero-order chi connectivity index (χ0) is 12.9. The van der Waals surface area contributed by atoms with Crippen molar-refractivity contribution in [3.05, 3.63) is 23.9 Å². The Morgan fingerprint density at radius 1 is 1.05 bits per heavy atom. The molecule has 3 nitrogen and oxygen atoms in total. The van der Waals surface area contributed by atoms with Gasteiger partial charge in [0, 0.05) is 12.2 Å². The molecule has 1 saturated carbocycles. The molecule has 1 saturated heterocycles. The third-order valence-corrected chi connectivity index (χ3v) is 4.55. The van der Waals surface area contributed by atoms with Crippen LogP contribution in [0.4, 0.5) is 5.82 Å². The first kappa shape index (κ1) is 12.9. The second-order valence-corrected chi connectivity index (χ2v) is 5.98. The van der Waals surface area contributed by atoms with E-state index in [1.165, 1.54) is 50.5 Å². The average Bonchev–Trinajstić information content (AvgIpc) is 2.49. The largest absolute Gasteiger partial charge is 0.367 e. The molecule has 0 atom stereocenters. The van der Waals surface area contributed by atoms with E-state index in [4.69, 9.17) is 0 Å². The first-order valence-corrected chi connectivity index (χ1v) is 7.85. The van der Waals surface area contributed by atoms with Crippen LogP contribution < -0.4 is 10.6 Å². The first-order chi connectivity index (χ1) is 9.42. The minimum Gasteiger partial charge on any atom is -0.367 e. The Labute approximate surface area is 116 Å². The van der Waals surface area contributed by atoms with Gasteiger partial charge in [0.2, 0.25) is 0 Å². The number of piperidine rings is 1. The predicted molar refractivity (Wildman–Crippen MR) is 79.6 cm³/mol. The van der Waals surface area contributed by atoms with E-state index in [0.717, 1.165) is 24.8 Å². The fourth-order valence-corrected chi connectivity index (χ4v) is 3.39. The van der Waals surface area contributed by atoms with Crippen LogP contribution in [0.15, 0.2) is 18.3 Å². The molecular weight excluding hydrogens is 234 g/mol. The number of hydrogen-bond donors (Lipinski definition) is 2. The summed E-state index contributed by atoms with van der Waals surface area (Å²) in [6.07, 6.45) is 11.2. The van der Waals surface area contributed by atoms with Crippen LogP contribution in [0.25, 0.3) is 0 Å². The van der Waals surface area contributed by atoms with Gasteiger partial charge in [-0.25, -0.2) is 4.98 Å². The maximum Gasteiger partial charge on any atom is 0.126 e. The van der Waals surface area contributed by atoms with E-state index in [1.54, 1.807) is 0 Å². The van der Waals surface area contributed by atoms with Gasteiger partial charge in [-0.1, -0.05) is 19.3 Å². The van der Waals surface area contributed by atoms with Crippen molar-refractivity contribution in [3.8, 4) is 0 Å². The second kappa shape index (κ2) is 6.38. The highest BCUT2D eigenvalue weighted by molar-refractivity contribution is 5.40.